The van der Waals surface area contributed by atoms with Gasteiger partial charge in [-0.05, 0) is 19.9 Å². The zero-order valence-electron chi connectivity index (χ0n) is 11.5. The van der Waals surface area contributed by atoms with Crippen LogP contribution in [0.25, 0.3) is 0 Å². The van der Waals surface area contributed by atoms with Crippen molar-refractivity contribution in [3.05, 3.63) is 35.0 Å². The number of esters is 1. The van der Waals surface area contributed by atoms with Crippen LogP contribution in [0, 0.1) is 13.8 Å². The molecule has 0 saturated carbocycles. The van der Waals surface area contributed by atoms with Crippen LogP contribution in [-0.4, -0.2) is 22.9 Å². The molecule has 1 N–H and O–H groups in total. The van der Waals surface area contributed by atoms with E-state index >= 15 is 0 Å². The number of aryl methyl sites for hydroxylation is 2. The van der Waals surface area contributed by atoms with Crippen LogP contribution >= 0.6 is 0 Å². The lowest BCUT2D eigenvalue weighted by Crippen LogP contribution is -2.07. The van der Waals surface area contributed by atoms with Gasteiger partial charge >= 0.3 is 5.97 Å². The summed E-state index contributed by atoms with van der Waals surface area (Å²) in [6, 6.07) is 1.75. The van der Waals surface area contributed by atoms with Gasteiger partial charge in [0, 0.05) is 19.2 Å². The molecule has 0 aliphatic carbocycles. The number of carbonyl (C=O) groups is 1. The molecule has 0 aliphatic rings. The van der Waals surface area contributed by atoms with E-state index < -0.39 is 5.97 Å². The van der Waals surface area contributed by atoms with Crippen molar-refractivity contribution in [1.29, 1.82) is 0 Å². The number of methoxy groups -OCH3 is 1. The Balaban J connectivity index is 2.15. The molecule has 0 amide bonds. The average Bonchev–Trinajstić information content (AvgIpc) is 2.94. The van der Waals surface area contributed by atoms with Crippen LogP contribution in [0.2, 0.25) is 0 Å². The van der Waals surface area contributed by atoms with E-state index in [-0.39, 0.29) is 5.76 Å². The maximum absolute atomic E-state index is 11.5. The lowest BCUT2D eigenvalue weighted by molar-refractivity contribution is 0.0563. The summed E-state index contributed by atoms with van der Waals surface area (Å²) in [5.74, 6) is -0.240. The van der Waals surface area contributed by atoms with Gasteiger partial charge in [0.25, 0.3) is 0 Å². The van der Waals surface area contributed by atoms with Crippen molar-refractivity contribution in [2.45, 2.75) is 20.4 Å². The number of ether oxygens (including phenoxy) is 1. The first-order valence-electron chi connectivity index (χ1n) is 5.93. The van der Waals surface area contributed by atoms with E-state index in [1.807, 2.05) is 25.6 Å². The second kappa shape index (κ2) is 5.17. The van der Waals surface area contributed by atoms with Gasteiger partial charge in [-0.25, -0.2) is 4.79 Å². The summed E-state index contributed by atoms with van der Waals surface area (Å²) in [5, 5.41) is 7.60. The van der Waals surface area contributed by atoms with Crippen molar-refractivity contribution < 1.29 is 13.9 Å². The number of anilines is 1. The summed E-state index contributed by atoms with van der Waals surface area (Å²) in [5.41, 5.74) is 3.69. The van der Waals surface area contributed by atoms with Crippen LogP contribution < -0.4 is 5.32 Å². The van der Waals surface area contributed by atoms with Crippen LogP contribution in [0.5, 0.6) is 0 Å². The topological polar surface area (TPSA) is 69.3 Å². The Morgan fingerprint density at radius 2 is 2.26 bits per heavy atom. The summed E-state index contributed by atoms with van der Waals surface area (Å²) >= 11 is 0. The Morgan fingerprint density at radius 1 is 1.53 bits per heavy atom. The maximum atomic E-state index is 11.5. The van der Waals surface area contributed by atoms with Gasteiger partial charge < -0.3 is 14.5 Å². The van der Waals surface area contributed by atoms with E-state index in [1.54, 1.807) is 6.07 Å². The predicted molar refractivity (Wildman–Crippen MR) is 70.1 cm³/mol. The third-order valence-electron chi connectivity index (χ3n) is 3.08. The highest BCUT2D eigenvalue weighted by molar-refractivity contribution is 5.87. The molecular formula is C13H17N3O3. The molecule has 102 valence electrons. The summed E-state index contributed by atoms with van der Waals surface area (Å²) in [4.78, 5) is 11.5. The van der Waals surface area contributed by atoms with Gasteiger partial charge in [0.1, 0.15) is 0 Å². The monoisotopic (exact) mass is 263 g/mol. The van der Waals surface area contributed by atoms with Crippen LogP contribution in [-0.2, 0) is 18.3 Å². The van der Waals surface area contributed by atoms with Crippen molar-refractivity contribution in [2.24, 2.45) is 7.05 Å². The minimum atomic E-state index is -0.471. The largest absolute Gasteiger partial charge is 0.463 e. The van der Waals surface area contributed by atoms with Gasteiger partial charge in [-0.3, -0.25) is 4.68 Å². The summed E-state index contributed by atoms with van der Waals surface area (Å²) in [6.07, 6.45) is 1.48. The van der Waals surface area contributed by atoms with Gasteiger partial charge in [-0.15, -0.1) is 0 Å². The van der Waals surface area contributed by atoms with Gasteiger partial charge in [-0.2, -0.15) is 5.10 Å². The Bertz CT molecular complexity index is 598. The molecular weight excluding hydrogens is 246 g/mol. The van der Waals surface area contributed by atoms with Crippen LogP contribution in [0.3, 0.4) is 0 Å². The van der Waals surface area contributed by atoms with Gasteiger partial charge in [0.15, 0.2) is 0 Å². The van der Waals surface area contributed by atoms with Gasteiger partial charge in [-0.1, -0.05) is 0 Å². The second-order valence-electron chi connectivity index (χ2n) is 4.29. The number of nitrogens with zero attached hydrogens (tertiary/aromatic N) is 2. The highest BCUT2D eigenvalue weighted by Gasteiger charge is 2.16. The normalized spacial score (nSPS) is 10.5. The molecule has 0 saturated heterocycles. The lowest BCUT2D eigenvalue weighted by atomic mass is 10.2. The fraction of sp³-hybridized carbons (Fsp3) is 0.385. The Labute approximate surface area is 111 Å². The number of carbonyl (C=O) groups excluding carboxylic acids is 1. The van der Waals surface area contributed by atoms with E-state index in [1.165, 1.54) is 13.4 Å². The SMILES string of the molecule is COC(=O)c1occc1CNc1c(C)nn(C)c1C. The first-order valence-corrected chi connectivity index (χ1v) is 5.93. The molecule has 2 aromatic heterocycles. The number of rotatable bonds is 4. The molecule has 2 rings (SSSR count). The van der Waals surface area contributed by atoms with Gasteiger partial charge in [0.05, 0.1) is 30.4 Å². The fourth-order valence-corrected chi connectivity index (χ4v) is 1.96. The van der Waals surface area contributed by atoms with Crippen molar-refractivity contribution >= 4 is 11.7 Å². The quantitative estimate of drug-likeness (QED) is 0.855. The van der Waals surface area contributed by atoms with E-state index in [0.29, 0.717) is 6.54 Å². The Kier molecular flexibility index (Phi) is 3.59. The van der Waals surface area contributed by atoms with E-state index in [2.05, 4.69) is 15.2 Å². The van der Waals surface area contributed by atoms with Gasteiger partial charge in [0.2, 0.25) is 5.76 Å². The highest BCUT2D eigenvalue weighted by atomic mass is 16.5. The molecule has 0 spiro atoms. The summed E-state index contributed by atoms with van der Waals surface area (Å²) in [7, 11) is 3.22. The minimum absolute atomic E-state index is 0.231. The van der Waals surface area contributed by atoms with Crippen molar-refractivity contribution in [1.82, 2.24) is 9.78 Å². The van der Waals surface area contributed by atoms with E-state index in [0.717, 1.165) is 22.6 Å². The number of hydrogen-bond acceptors (Lipinski definition) is 5. The van der Waals surface area contributed by atoms with Crippen molar-refractivity contribution in [3.8, 4) is 0 Å². The molecule has 0 aromatic carbocycles. The summed E-state index contributed by atoms with van der Waals surface area (Å²) < 4.78 is 11.6. The Morgan fingerprint density at radius 3 is 2.84 bits per heavy atom. The van der Waals surface area contributed by atoms with Crippen LogP contribution in [0.15, 0.2) is 16.7 Å². The fourth-order valence-electron chi connectivity index (χ4n) is 1.96. The maximum Gasteiger partial charge on any atom is 0.374 e. The molecule has 2 aromatic rings. The average molecular weight is 263 g/mol. The number of furan rings is 1. The van der Waals surface area contributed by atoms with E-state index in [9.17, 15) is 4.79 Å². The molecule has 0 aliphatic heterocycles. The lowest BCUT2D eigenvalue weighted by Gasteiger charge is -2.06. The zero-order valence-corrected chi connectivity index (χ0v) is 11.5. The van der Waals surface area contributed by atoms with Crippen molar-refractivity contribution in [2.75, 3.05) is 12.4 Å². The Hall–Kier alpha value is -2.24. The molecule has 0 atom stereocenters. The summed E-state index contributed by atoms with van der Waals surface area (Å²) in [6.45, 7) is 4.40. The zero-order chi connectivity index (χ0) is 14.0. The van der Waals surface area contributed by atoms with Crippen molar-refractivity contribution in [3.63, 3.8) is 0 Å². The molecule has 0 radical (unpaired) electrons. The first kappa shape index (κ1) is 13.2. The molecule has 0 unspecified atom stereocenters. The molecule has 6 nitrogen and oxygen atoms in total. The number of nitrogens with one attached hydrogen (secondary N) is 1. The third kappa shape index (κ3) is 2.47. The standard InChI is InChI=1S/C13H17N3O3/c1-8-11(9(2)16(3)15-8)14-7-10-5-6-19-12(10)13(17)18-4/h5-6,14H,7H2,1-4H3. The molecule has 0 bridgehead atoms. The third-order valence-corrected chi connectivity index (χ3v) is 3.08. The number of aromatic nitrogens is 2. The smallest absolute Gasteiger partial charge is 0.374 e. The second-order valence-corrected chi connectivity index (χ2v) is 4.29. The molecule has 19 heavy (non-hydrogen) atoms. The van der Waals surface area contributed by atoms with Crippen LogP contribution in [0.4, 0.5) is 5.69 Å². The molecule has 2 heterocycles. The molecule has 6 heteroatoms. The number of hydrogen-bond donors (Lipinski definition) is 1. The minimum Gasteiger partial charge on any atom is -0.463 e. The molecule has 0 fully saturated rings. The van der Waals surface area contributed by atoms with Crippen LogP contribution in [0.1, 0.15) is 27.5 Å². The highest BCUT2D eigenvalue weighted by Crippen LogP contribution is 2.20. The predicted octanol–water partition coefficient (Wildman–Crippen LogP) is 2.03. The first-order chi connectivity index (χ1) is 9.04. The van der Waals surface area contributed by atoms with E-state index in [4.69, 9.17) is 4.42 Å².